The van der Waals surface area contributed by atoms with Gasteiger partial charge in [0.2, 0.25) is 0 Å². The van der Waals surface area contributed by atoms with Crippen LogP contribution in [0, 0.1) is 46.3 Å². The third-order valence-corrected chi connectivity index (χ3v) is 11.3. The van der Waals surface area contributed by atoms with Crippen molar-refractivity contribution in [1.29, 1.82) is 0 Å². The molecule has 0 aromatic carbocycles. The Morgan fingerprint density at radius 3 is 2.52 bits per heavy atom. The summed E-state index contributed by atoms with van der Waals surface area (Å²) in [6, 6.07) is 0. The molecule has 1 heterocycles. The van der Waals surface area contributed by atoms with Gasteiger partial charge in [0.15, 0.2) is 0 Å². The first-order valence-electron chi connectivity index (χ1n) is 13.1. The van der Waals surface area contributed by atoms with E-state index in [0.29, 0.717) is 16.9 Å². The van der Waals surface area contributed by atoms with Crippen LogP contribution in [0.1, 0.15) is 105 Å². The maximum absolute atomic E-state index is 10.4. The van der Waals surface area contributed by atoms with Gasteiger partial charge in [-0.2, -0.15) is 0 Å². The van der Waals surface area contributed by atoms with Gasteiger partial charge in [-0.15, -0.1) is 0 Å². The van der Waals surface area contributed by atoms with Crippen molar-refractivity contribution < 1.29 is 9.84 Å². The van der Waals surface area contributed by atoms with E-state index in [9.17, 15) is 5.11 Å². The van der Waals surface area contributed by atoms with Crippen LogP contribution in [-0.2, 0) is 4.74 Å². The van der Waals surface area contributed by atoms with Gasteiger partial charge in [0.25, 0.3) is 0 Å². The van der Waals surface area contributed by atoms with Gasteiger partial charge in [0.1, 0.15) is 5.60 Å². The molecule has 0 amide bonds. The zero-order valence-corrected chi connectivity index (χ0v) is 19.8. The number of epoxide rings is 1. The lowest BCUT2D eigenvalue weighted by Crippen LogP contribution is -2.58. The van der Waals surface area contributed by atoms with E-state index >= 15 is 0 Å². The van der Waals surface area contributed by atoms with Crippen molar-refractivity contribution >= 4 is 0 Å². The van der Waals surface area contributed by atoms with Crippen LogP contribution in [-0.4, -0.2) is 22.9 Å². The van der Waals surface area contributed by atoms with E-state index in [0.717, 1.165) is 48.3 Å². The van der Waals surface area contributed by atoms with Crippen LogP contribution in [0.4, 0.5) is 0 Å². The maximum atomic E-state index is 10.4. The molecule has 4 saturated carbocycles. The number of fused-ring (bicyclic) bond motifs is 4. The second-order valence-corrected chi connectivity index (χ2v) is 13.0. The minimum atomic E-state index is -0.124. The SMILES string of the molecule is CC(C)CCC[C@H](C)C1CCC2C3CC4OC45C[C@@H](O)CC[C@]5(C)C3CC[C@@]21C. The molecule has 0 aromatic heterocycles. The fourth-order valence-electron chi connectivity index (χ4n) is 9.68. The van der Waals surface area contributed by atoms with Crippen LogP contribution < -0.4 is 0 Å². The van der Waals surface area contributed by atoms with Crippen LogP contribution in [0.15, 0.2) is 0 Å². The molecule has 1 N–H and O–H groups in total. The van der Waals surface area contributed by atoms with Crippen molar-refractivity contribution in [3.8, 4) is 0 Å². The third kappa shape index (κ3) is 2.94. The molecule has 0 radical (unpaired) electrons. The molecule has 10 atom stereocenters. The van der Waals surface area contributed by atoms with Crippen LogP contribution in [0.25, 0.3) is 0 Å². The Labute approximate surface area is 179 Å². The molecular formula is C27H46O2. The Balaban J connectivity index is 1.33. The standard InChI is InChI=1S/C27H46O2/c1-17(2)7-6-8-18(3)21-9-10-22-20-15-24-27(29-24)16-19(28)11-14-26(27,5)23(20)12-13-25(21,22)4/h17-24,28H,6-16H2,1-5H3/t18-,19-,20?,21?,22?,23?,24?,25+,26+,27?/m0/s1. The summed E-state index contributed by atoms with van der Waals surface area (Å²) in [5.74, 6) is 5.31. The third-order valence-electron chi connectivity index (χ3n) is 11.3. The van der Waals surface area contributed by atoms with E-state index in [1.807, 2.05) is 0 Å². The molecule has 1 aliphatic heterocycles. The zero-order valence-electron chi connectivity index (χ0n) is 19.8. The van der Waals surface area contributed by atoms with Gasteiger partial charge in [0, 0.05) is 11.8 Å². The van der Waals surface area contributed by atoms with Crippen molar-refractivity contribution in [3.63, 3.8) is 0 Å². The molecule has 29 heavy (non-hydrogen) atoms. The highest BCUT2D eigenvalue weighted by Crippen LogP contribution is 2.74. The van der Waals surface area contributed by atoms with Crippen molar-refractivity contribution in [2.45, 2.75) is 123 Å². The first-order valence-corrected chi connectivity index (χ1v) is 13.1. The lowest BCUT2D eigenvalue weighted by atomic mass is 9.44. The Kier molecular flexibility index (Phi) is 4.99. The van der Waals surface area contributed by atoms with Crippen LogP contribution in [0.2, 0.25) is 0 Å². The molecule has 0 bridgehead atoms. The number of aliphatic hydroxyl groups is 1. The van der Waals surface area contributed by atoms with Gasteiger partial charge in [-0.25, -0.2) is 0 Å². The average Bonchev–Trinajstić information content (AvgIpc) is 3.22. The minimum absolute atomic E-state index is 0.0434. The van der Waals surface area contributed by atoms with Crippen LogP contribution in [0.3, 0.4) is 0 Å². The highest BCUT2D eigenvalue weighted by Gasteiger charge is 2.76. The second kappa shape index (κ2) is 6.96. The summed E-state index contributed by atoms with van der Waals surface area (Å²) < 4.78 is 6.51. The van der Waals surface area contributed by atoms with E-state index in [-0.39, 0.29) is 11.7 Å². The fourth-order valence-corrected chi connectivity index (χ4v) is 9.68. The summed E-state index contributed by atoms with van der Waals surface area (Å²) in [7, 11) is 0. The molecule has 5 fully saturated rings. The number of rotatable bonds is 5. The van der Waals surface area contributed by atoms with Crippen molar-refractivity contribution in [1.82, 2.24) is 0 Å². The molecule has 5 aliphatic rings. The highest BCUT2D eigenvalue weighted by molar-refractivity contribution is 5.24. The molecule has 166 valence electrons. The Morgan fingerprint density at radius 1 is 0.966 bits per heavy atom. The molecule has 6 unspecified atom stereocenters. The zero-order chi connectivity index (χ0) is 20.6. The first kappa shape index (κ1) is 20.8. The van der Waals surface area contributed by atoms with E-state index in [1.165, 1.54) is 57.8 Å². The highest BCUT2D eigenvalue weighted by atomic mass is 16.6. The topological polar surface area (TPSA) is 32.8 Å². The molecule has 2 heteroatoms. The van der Waals surface area contributed by atoms with Gasteiger partial charge in [-0.3, -0.25) is 0 Å². The van der Waals surface area contributed by atoms with E-state index < -0.39 is 0 Å². The maximum Gasteiger partial charge on any atom is 0.103 e. The minimum Gasteiger partial charge on any atom is -0.393 e. The smallest absolute Gasteiger partial charge is 0.103 e. The average molecular weight is 403 g/mol. The second-order valence-electron chi connectivity index (χ2n) is 13.0. The monoisotopic (exact) mass is 402 g/mol. The summed E-state index contributed by atoms with van der Waals surface area (Å²) in [5, 5.41) is 10.4. The largest absolute Gasteiger partial charge is 0.393 e. The summed E-state index contributed by atoms with van der Waals surface area (Å²) in [6.07, 6.45) is 14.8. The molecule has 1 saturated heterocycles. The Bertz CT molecular complexity index is 630. The Morgan fingerprint density at radius 2 is 1.76 bits per heavy atom. The van der Waals surface area contributed by atoms with Crippen molar-refractivity contribution in [2.24, 2.45) is 46.3 Å². The lowest BCUT2D eigenvalue weighted by molar-refractivity contribution is -0.116. The molecule has 2 nitrogen and oxygen atoms in total. The van der Waals surface area contributed by atoms with E-state index in [4.69, 9.17) is 4.74 Å². The van der Waals surface area contributed by atoms with E-state index in [2.05, 4.69) is 34.6 Å². The predicted octanol–water partition coefficient (Wildman–Crippen LogP) is 6.60. The normalized spacial score (nSPS) is 54.3. The Hall–Kier alpha value is -0.0800. The molecule has 4 aliphatic carbocycles. The van der Waals surface area contributed by atoms with Gasteiger partial charge in [-0.1, -0.05) is 53.9 Å². The molecule has 0 aromatic rings. The molecule has 1 spiro atoms. The van der Waals surface area contributed by atoms with Crippen LogP contribution in [0.5, 0.6) is 0 Å². The summed E-state index contributed by atoms with van der Waals surface area (Å²) in [6.45, 7) is 12.6. The number of hydrogen-bond donors (Lipinski definition) is 1. The summed E-state index contributed by atoms with van der Waals surface area (Å²) in [5.41, 5.74) is 0.932. The van der Waals surface area contributed by atoms with Crippen molar-refractivity contribution in [2.75, 3.05) is 0 Å². The number of aliphatic hydroxyl groups excluding tert-OH is 1. The fraction of sp³-hybridized carbons (Fsp3) is 1.00. The van der Waals surface area contributed by atoms with Gasteiger partial charge < -0.3 is 9.84 Å². The first-order chi connectivity index (χ1) is 13.7. The van der Waals surface area contributed by atoms with Gasteiger partial charge in [0.05, 0.1) is 12.2 Å². The predicted molar refractivity (Wildman–Crippen MR) is 119 cm³/mol. The number of ether oxygens (including phenoxy) is 1. The van der Waals surface area contributed by atoms with Crippen LogP contribution >= 0.6 is 0 Å². The lowest BCUT2D eigenvalue weighted by Gasteiger charge is -2.59. The summed E-state index contributed by atoms with van der Waals surface area (Å²) >= 11 is 0. The van der Waals surface area contributed by atoms with Crippen molar-refractivity contribution in [3.05, 3.63) is 0 Å². The quantitative estimate of drug-likeness (QED) is 0.525. The van der Waals surface area contributed by atoms with Gasteiger partial charge in [-0.05, 0) is 85.9 Å². The summed E-state index contributed by atoms with van der Waals surface area (Å²) in [4.78, 5) is 0. The van der Waals surface area contributed by atoms with E-state index in [1.54, 1.807) is 0 Å². The van der Waals surface area contributed by atoms with Gasteiger partial charge >= 0.3 is 0 Å². The molecular weight excluding hydrogens is 356 g/mol. The number of hydrogen-bond acceptors (Lipinski definition) is 2. The molecule has 5 rings (SSSR count).